The summed E-state index contributed by atoms with van der Waals surface area (Å²) in [6.45, 7) is 3.92. The van der Waals surface area contributed by atoms with Crippen LogP contribution in [0.2, 0.25) is 5.02 Å². The Hall–Kier alpha value is -2.72. The van der Waals surface area contributed by atoms with E-state index in [0.29, 0.717) is 27.8 Å². The van der Waals surface area contributed by atoms with Gasteiger partial charge in [-0.25, -0.2) is 0 Å². The van der Waals surface area contributed by atoms with Crippen LogP contribution in [0, 0.1) is 0 Å². The van der Waals surface area contributed by atoms with Crippen LogP contribution in [0.25, 0.3) is 12.2 Å². The number of hydrogen-bond acceptors (Lipinski definition) is 4. The van der Waals surface area contributed by atoms with E-state index in [1.54, 1.807) is 24.3 Å². The van der Waals surface area contributed by atoms with Crippen LogP contribution in [0.1, 0.15) is 35.3 Å². The molecule has 27 heavy (non-hydrogen) atoms. The summed E-state index contributed by atoms with van der Waals surface area (Å²) in [5.41, 5.74) is 1.51. The van der Waals surface area contributed by atoms with Crippen molar-refractivity contribution in [1.29, 1.82) is 0 Å². The Balaban J connectivity index is 2.04. The highest BCUT2D eigenvalue weighted by Crippen LogP contribution is 2.44. The molecule has 2 aromatic rings. The molecule has 0 amide bonds. The van der Waals surface area contributed by atoms with Gasteiger partial charge in [0.1, 0.15) is 28.4 Å². The van der Waals surface area contributed by atoms with Crippen LogP contribution >= 0.6 is 11.6 Å². The van der Waals surface area contributed by atoms with E-state index in [1.165, 1.54) is 20.3 Å². The molecule has 3 rings (SSSR count). The molecule has 0 bridgehead atoms. The second-order valence-electron chi connectivity index (χ2n) is 6.69. The van der Waals surface area contributed by atoms with E-state index in [1.807, 2.05) is 38.1 Å². The summed E-state index contributed by atoms with van der Waals surface area (Å²) in [6.07, 6.45) is 7.07. The van der Waals surface area contributed by atoms with E-state index in [0.717, 1.165) is 11.1 Å². The average Bonchev–Trinajstić information content (AvgIpc) is 2.64. The van der Waals surface area contributed by atoms with Crippen molar-refractivity contribution in [3.8, 4) is 17.2 Å². The Labute approximate surface area is 164 Å². The summed E-state index contributed by atoms with van der Waals surface area (Å²) >= 11 is 5.89. The highest BCUT2D eigenvalue weighted by atomic mass is 35.5. The Bertz CT molecular complexity index is 924. The van der Waals surface area contributed by atoms with Crippen LogP contribution in [-0.2, 0) is 0 Å². The second kappa shape index (κ2) is 7.49. The minimum absolute atomic E-state index is 0.223. The molecule has 1 aliphatic rings. The first kappa shape index (κ1) is 19.1. The number of hydrogen-bond donors (Lipinski definition) is 0. The summed E-state index contributed by atoms with van der Waals surface area (Å²) < 4.78 is 17.0. The van der Waals surface area contributed by atoms with Crippen LogP contribution < -0.4 is 14.2 Å². The maximum Gasteiger partial charge on any atom is 0.193 e. The molecule has 2 aromatic carbocycles. The molecule has 0 aliphatic carbocycles. The molecule has 0 saturated heterocycles. The van der Waals surface area contributed by atoms with E-state index in [9.17, 15) is 4.79 Å². The van der Waals surface area contributed by atoms with Crippen LogP contribution in [0.3, 0.4) is 0 Å². The van der Waals surface area contributed by atoms with Crippen molar-refractivity contribution in [1.82, 2.24) is 0 Å². The molecule has 1 aliphatic heterocycles. The first-order valence-corrected chi connectivity index (χ1v) is 8.87. The van der Waals surface area contributed by atoms with Crippen LogP contribution in [0.15, 0.2) is 42.5 Å². The molecular weight excluding hydrogens is 364 g/mol. The van der Waals surface area contributed by atoms with Gasteiger partial charge in [0, 0.05) is 11.1 Å². The van der Waals surface area contributed by atoms with Gasteiger partial charge in [-0.3, -0.25) is 4.79 Å². The molecule has 5 heteroatoms. The SMILES string of the molecule is COc1cc2c(c(OC)c1C(=O)/C=C/c1ccc(Cl)cc1)C=CC(C)(C)O2. The molecule has 1 heterocycles. The van der Waals surface area contributed by atoms with Crippen molar-refractivity contribution in [2.45, 2.75) is 19.4 Å². The van der Waals surface area contributed by atoms with E-state index < -0.39 is 5.60 Å². The molecule has 0 saturated carbocycles. The number of fused-ring (bicyclic) bond motifs is 1. The predicted octanol–water partition coefficient (Wildman–Crippen LogP) is 5.44. The van der Waals surface area contributed by atoms with Crippen molar-refractivity contribution in [2.75, 3.05) is 14.2 Å². The van der Waals surface area contributed by atoms with E-state index in [2.05, 4.69) is 0 Å². The quantitative estimate of drug-likeness (QED) is 0.508. The van der Waals surface area contributed by atoms with Crippen molar-refractivity contribution < 1.29 is 19.0 Å². The van der Waals surface area contributed by atoms with Crippen LogP contribution in [-0.4, -0.2) is 25.6 Å². The number of rotatable bonds is 5. The third kappa shape index (κ3) is 4.01. The monoisotopic (exact) mass is 384 g/mol. The fourth-order valence-corrected chi connectivity index (χ4v) is 3.03. The Morgan fingerprint density at radius 1 is 1.15 bits per heavy atom. The minimum atomic E-state index is -0.441. The fraction of sp³-hybridized carbons (Fsp3) is 0.227. The van der Waals surface area contributed by atoms with Gasteiger partial charge in [0.05, 0.1) is 19.8 Å². The predicted molar refractivity (Wildman–Crippen MR) is 108 cm³/mol. The molecule has 0 fully saturated rings. The normalized spacial score (nSPS) is 14.6. The lowest BCUT2D eigenvalue weighted by Gasteiger charge is -2.29. The van der Waals surface area contributed by atoms with Gasteiger partial charge in [0.25, 0.3) is 0 Å². The van der Waals surface area contributed by atoms with Crippen molar-refractivity contribution in [3.05, 3.63) is 64.2 Å². The van der Waals surface area contributed by atoms with Gasteiger partial charge in [-0.15, -0.1) is 0 Å². The van der Waals surface area contributed by atoms with E-state index in [4.69, 9.17) is 25.8 Å². The number of benzene rings is 2. The maximum atomic E-state index is 12.9. The summed E-state index contributed by atoms with van der Waals surface area (Å²) in [4.78, 5) is 12.9. The lowest BCUT2D eigenvalue weighted by Crippen LogP contribution is -2.27. The van der Waals surface area contributed by atoms with Crippen LogP contribution in [0.4, 0.5) is 0 Å². The molecule has 4 nitrogen and oxygen atoms in total. The van der Waals surface area contributed by atoms with Crippen LogP contribution in [0.5, 0.6) is 17.2 Å². The molecule has 140 valence electrons. The highest BCUT2D eigenvalue weighted by Gasteiger charge is 2.29. The summed E-state index contributed by atoms with van der Waals surface area (Å²) in [7, 11) is 3.05. The minimum Gasteiger partial charge on any atom is -0.496 e. The fourth-order valence-electron chi connectivity index (χ4n) is 2.91. The van der Waals surface area contributed by atoms with Gasteiger partial charge in [0.15, 0.2) is 5.78 Å². The third-order valence-electron chi connectivity index (χ3n) is 4.24. The third-order valence-corrected chi connectivity index (χ3v) is 4.49. The number of methoxy groups -OCH3 is 2. The molecule has 0 N–H and O–H groups in total. The number of carbonyl (C=O) groups is 1. The number of halogens is 1. The van der Waals surface area contributed by atoms with Gasteiger partial charge < -0.3 is 14.2 Å². The number of ether oxygens (including phenoxy) is 3. The van der Waals surface area contributed by atoms with Gasteiger partial charge >= 0.3 is 0 Å². The highest BCUT2D eigenvalue weighted by molar-refractivity contribution is 6.30. The molecule has 0 spiro atoms. The van der Waals surface area contributed by atoms with Gasteiger partial charge in [-0.1, -0.05) is 29.8 Å². The van der Waals surface area contributed by atoms with Crippen molar-refractivity contribution in [3.63, 3.8) is 0 Å². The first-order valence-electron chi connectivity index (χ1n) is 8.50. The lowest BCUT2D eigenvalue weighted by molar-refractivity contribution is 0.104. The number of allylic oxidation sites excluding steroid dienone is 1. The lowest BCUT2D eigenvalue weighted by atomic mass is 9.97. The standard InChI is InChI=1S/C22H21ClO4/c1-22(2)12-11-16-18(27-22)13-19(25-3)20(21(16)26-4)17(24)10-7-14-5-8-15(23)9-6-14/h5-13H,1-4H3/b10-7+. The van der Waals surface area contributed by atoms with Gasteiger partial charge in [0.2, 0.25) is 0 Å². The zero-order valence-electron chi connectivity index (χ0n) is 15.7. The number of carbonyl (C=O) groups excluding carboxylic acids is 1. The largest absolute Gasteiger partial charge is 0.496 e. The Kier molecular flexibility index (Phi) is 5.29. The second-order valence-corrected chi connectivity index (χ2v) is 7.12. The molecule has 0 atom stereocenters. The Morgan fingerprint density at radius 3 is 2.48 bits per heavy atom. The van der Waals surface area contributed by atoms with Crippen molar-refractivity contribution >= 4 is 29.5 Å². The topological polar surface area (TPSA) is 44.8 Å². The van der Waals surface area contributed by atoms with Crippen molar-refractivity contribution in [2.24, 2.45) is 0 Å². The molecule has 0 aromatic heterocycles. The summed E-state index contributed by atoms with van der Waals surface area (Å²) in [5, 5.41) is 0.645. The van der Waals surface area contributed by atoms with E-state index in [-0.39, 0.29) is 5.78 Å². The summed E-state index contributed by atoms with van der Waals surface area (Å²) in [6, 6.07) is 8.95. The average molecular weight is 385 g/mol. The van der Waals surface area contributed by atoms with Gasteiger partial charge in [-0.05, 0) is 49.8 Å². The zero-order chi connectivity index (χ0) is 19.6. The maximum absolute atomic E-state index is 12.9. The molecule has 0 unspecified atom stereocenters. The summed E-state index contributed by atoms with van der Waals surface area (Å²) in [5.74, 6) is 1.23. The zero-order valence-corrected chi connectivity index (χ0v) is 16.5. The van der Waals surface area contributed by atoms with Gasteiger partial charge in [-0.2, -0.15) is 0 Å². The molecular formula is C22H21ClO4. The first-order chi connectivity index (χ1) is 12.8. The Morgan fingerprint density at radius 2 is 1.85 bits per heavy atom. The smallest absolute Gasteiger partial charge is 0.193 e. The number of ketones is 1. The van der Waals surface area contributed by atoms with E-state index >= 15 is 0 Å². The molecule has 0 radical (unpaired) electrons.